The van der Waals surface area contributed by atoms with Gasteiger partial charge in [0.15, 0.2) is 5.78 Å². The standard InChI is InChI=1S/C7H13NO/c1-3-8-4-6(2)7(9)5-8/h6H,3-5H2,1-2H3/t6-/m0/s1. The lowest BCUT2D eigenvalue weighted by molar-refractivity contribution is -0.119. The summed E-state index contributed by atoms with van der Waals surface area (Å²) in [6, 6.07) is 0. The normalized spacial score (nSPS) is 29.6. The lowest BCUT2D eigenvalue weighted by Crippen LogP contribution is -2.19. The number of carbonyl (C=O) groups excluding carboxylic acids is 1. The third kappa shape index (κ3) is 1.30. The summed E-state index contributed by atoms with van der Waals surface area (Å²) in [5, 5.41) is 0. The summed E-state index contributed by atoms with van der Waals surface area (Å²) in [4.78, 5) is 13.1. The van der Waals surface area contributed by atoms with Gasteiger partial charge in [0.1, 0.15) is 0 Å². The number of hydrogen-bond donors (Lipinski definition) is 0. The van der Waals surface area contributed by atoms with Gasteiger partial charge in [0, 0.05) is 12.5 Å². The molecule has 1 fully saturated rings. The molecule has 0 saturated carbocycles. The molecule has 0 radical (unpaired) electrons. The van der Waals surface area contributed by atoms with Crippen LogP contribution in [-0.2, 0) is 4.79 Å². The number of carbonyl (C=O) groups is 1. The first-order valence-corrected chi connectivity index (χ1v) is 3.49. The number of likely N-dealkylation sites (N-methyl/N-ethyl adjacent to an activating group) is 1. The second-order valence-electron chi connectivity index (χ2n) is 2.70. The maximum absolute atomic E-state index is 10.9. The van der Waals surface area contributed by atoms with Crippen LogP contribution in [0.15, 0.2) is 0 Å². The van der Waals surface area contributed by atoms with Gasteiger partial charge in [-0.05, 0) is 6.54 Å². The molecule has 2 heteroatoms. The number of nitrogens with zero attached hydrogens (tertiary/aromatic N) is 1. The van der Waals surface area contributed by atoms with E-state index in [9.17, 15) is 4.79 Å². The highest BCUT2D eigenvalue weighted by Gasteiger charge is 2.24. The van der Waals surface area contributed by atoms with Crippen LogP contribution in [0.5, 0.6) is 0 Å². The van der Waals surface area contributed by atoms with Crippen molar-refractivity contribution in [1.82, 2.24) is 4.90 Å². The lowest BCUT2D eigenvalue weighted by Gasteiger charge is -2.08. The van der Waals surface area contributed by atoms with E-state index in [1.807, 2.05) is 6.92 Å². The van der Waals surface area contributed by atoms with Crippen molar-refractivity contribution in [3.8, 4) is 0 Å². The van der Waals surface area contributed by atoms with Gasteiger partial charge in [-0.2, -0.15) is 0 Å². The first kappa shape index (κ1) is 6.75. The number of hydrogen-bond acceptors (Lipinski definition) is 2. The van der Waals surface area contributed by atoms with Gasteiger partial charge in [-0.15, -0.1) is 0 Å². The summed E-state index contributed by atoms with van der Waals surface area (Å²) in [7, 11) is 0. The highest BCUT2D eigenvalue weighted by molar-refractivity contribution is 5.84. The quantitative estimate of drug-likeness (QED) is 0.512. The average molecular weight is 127 g/mol. The van der Waals surface area contributed by atoms with Crippen LogP contribution >= 0.6 is 0 Å². The summed E-state index contributed by atoms with van der Waals surface area (Å²) >= 11 is 0. The van der Waals surface area contributed by atoms with Gasteiger partial charge in [0.05, 0.1) is 6.54 Å². The summed E-state index contributed by atoms with van der Waals surface area (Å²) in [5.74, 6) is 0.682. The van der Waals surface area contributed by atoms with Crippen molar-refractivity contribution in [2.75, 3.05) is 19.6 Å². The molecule has 1 rings (SSSR count). The van der Waals surface area contributed by atoms with Crippen molar-refractivity contribution in [1.29, 1.82) is 0 Å². The fraction of sp³-hybridized carbons (Fsp3) is 0.857. The van der Waals surface area contributed by atoms with Gasteiger partial charge in [-0.25, -0.2) is 0 Å². The Kier molecular flexibility index (Phi) is 1.86. The van der Waals surface area contributed by atoms with E-state index in [0.717, 1.165) is 13.1 Å². The Morgan fingerprint density at radius 3 is 2.67 bits per heavy atom. The Labute approximate surface area is 55.8 Å². The first-order valence-electron chi connectivity index (χ1n) is 3.49. The first-order chi connectivity index (χ1) is 4.24. The fourth-order valence-corrected chi connectivity index (χ4v) is 1.17. The smallest absolute Gasteiger partial charge is 0.150 e. The summed E-state index contributed by atoms with van der Waals surface area (Å²) < 4.78 is 0. The largest absolute Gasteiger partial charge is 0.298 e. The van der Waals surface area contributed by atoms with Crippen molar-refractivity contribution in [2.24, 2.45) is 5.92 Å². The zero-order chi connectivity index (χ0) is 6.85. The molecule has 1 aliphatic rings. The third-order valence-corrected chi connectivity index (χ3v) is 1.91. The Balaban J connectivity index is 2.44. The maximum atomic E-state index is 10.9. The Hall–Kier alpha value is -0.370. The van der Waals surface area contributed by atoms with Crippen LogP contribution in [0, 0.1) is 5.92 Å². The number of Topliss-reactive ketones (excluding diaryl/α,β-unsaturated/α-hetero) is 1. The van der Waals surface area contributed by atoms with E-state index < -0.39 is 0 Å². The van der Waals surface area contributed by atoms with E-state index in [2.05, 4.69) is 11.8 Å². The molecule has 1 saturated heterocycles. The van der Waals surface area contributed by atoms with Crippen LogP contribution < -0.4 is 0 Å². The highest BCUT2D eigenvalue weighted by atomic mass is 16.1. The molecule has 0 aromatic carbocycles. The van der Waals surface area contributed by atoms with E-state index in [0.29, 0.717) is 12.3 Å². The number of likely N-dealkylation sites (tertiary alicyclic amines) is 1. The van der Waals surface area contributed by atoms with Gasteiger partial charge in [-0.3, -0.25) is 9.69 Å². The van der Waals surface area contributed by atoms with Crippen LogP contribution in [0.2, 0.25) is 0 Å². The van der Waals surface area contributed by atoms with Gasteiger partial charge in [-0.1, -0.05) is 13.8 Å². The molecule has 0 N–H and O–H groups in total. The van der Waals surface area contributed by atoms with E-state index >= 15 is 0 Å². The van der Waals surface area contributed by atoms with Crippen LogP contribution in [0.3, 0.4) is 0 Å². The van der Waals surface area contributed by atoms with Gasteiger partial charge in [0.25, 0.3) is 0 Å². The van der Waals surface area contributed by atoms with Crippen molar-refractivity contribution in [2.45, 2.75) is 13.8 Å². The van der Waals surface area contributed by atoms with Crippen LogP contribution in [0.4, 0.5) is 0 Å². The molecule has 0 bridgehead atoms. The van der Waals surface area contributed by atoms with Gasteiger partial charge in [0.2, 0.25) is 0 Å². The second kappa shape index (κ2) is 2.48. The van der Waals surface area contributed by atoms with Crippen LogP contribution in [-0.4, -0.2) is 30.3 Å². The number of ketones is 1. The van der Waals surface area contributed by atoms with Crippen molar-refractivity contribution >= 4 is 5.78 Å². The lowest BCUT2D eigenvalue weighted by atomic mass is 10.1. The number of rotatable bonds is 1. The van der Waals surface area contributed by atoms with E-state index in [1.165, 1.54) is 0 Å². The Bertz CT molecular complexity index is 122. The molecule has 0 spiro atoms. The van der Waals surface area contributed by atoms with Gasteiger partial charge < -0.3 is 0 Å². The minimum Gasteiger partial charge on any atom is -0.298 e. The second-order valence-corrected chi connectivity index (χ2v) is 2.70. The fourth-order valence-electron chi connectivity index (χ4n) is 1.17. The van der Waals surface area contributed by atoms with E-state index in [-0.39, 0.29) is 5.92 Å². The molecule has 9 heavy (non-hydrogen) atoms. The average Bonchev–Trinajstić information content (AvgIpc) is 2.13. The van der Waals surface area contributed by atoms with Crippen molar-refractivity contribution in [3.63, 3.8) is 0 Å². The predicted molar refractivity (Wildman–Crippen MR) is 36.3 cm³/mol. The molecular weight excluding hydrogens is 114 g/mol. The molecule has 1 aliphatic heterocycles. The maximum Gasteiger partial charge on any atom is 0.150 e. The Morgan fingerprint density at radius 2 is 2.44 bits per heavy atom. The Morgan fingerprint density at radius 1 is 1.78 bits per heavy atom. The van der Waals surface area contributed by atoms with Crippen molar-refractivity contribution in [3.05, 3.63) is 0 Å². The molecule has 0 aliphatic carbocycles. The van der Waals surface area contributed by atoms with Crippen LogP contribution in [0.1, 0.15) is 13.8 Å². The van der Waals surface area contributed by atoms with Crippen molar-refractivity contribution < 1.29 is 4.79 Å². The molecule has 1 heterocycles. The molecule has 52 valence electrons. The van der Waals surface area contributed by atoms with Crippen LogP contribution in [0.25, 0.3) is 0 Å². The summed E-state index contributed by atoms with van der Waals surface area (Å²) in [6.45, 7) is 6.74. The molecule has 0 aromatic rings. The van der Waals surface area contributed by atoms with Gasteiger partial charge >= 0.3 is 0 Å². The molecule has 0 unspecified atom stereocenters. The molecule has 0 aromatic heterocycles. The monoisotopic (exact) mass is 127 g/mol. The van der Waals surface area contributed by atoms with E-state index in [4.69, 9.17) is 0 Å². The highest BCUT2D eigenvalue weighted by Crippen LogP contribution is 2.09. The third-order valence-electron chi connectivity index (χ3n) is 1.91. The van der Waals surface area contributed by atoms with E-state index in [1.54, 1.807) is 0 Å². The molecule has 0 amide bonds. The minimum atomic E-state index is 0.282. The molecular formula is C7H13NO. The zero-order valence-corrected chi connectivity index (χ0v) is 6.05. The molecule has 1 atom stereocenters. The predicted octanol–water partition coefficient (Wildman–Crippen LogP) is 0.527. The summed E-state index contributed by atoms with van der Waals surface area (Å²) in [5.41, 5.74) is 0. The topological polar surface area (TPSA) is 20.3 Å². The minimum absolute atomic E-state index is 0.282. The summed E-state index contributed by atoms with van der Waals surface area (Å²) in [6.07, 6.45) is 0. The SMILES string of the molecule is CCN1CC(=O)[C@@H](C)C1. The zero-order valence-electron chi connectivity index (χ0n) is 6.05. The molecule has 2 nitrogen and oxygen atoms in total.